The number of halogens is 1. The Morgan fingerprint density at radius 2 is 2.00 bits per heavy atom. The van der Waals surface area contributed by atoms with Gasteiger partial charge in [-0.05, 0) is 49.4 Å². The molecule has 1 fully saturated rings. The molecule has 1 aromatic rings. The Hall–Kier alpha value is -0.930. The SMILES string of the molecule is [CH2]C1C(N)NCCC1c1ccc(F)cc1. The zero-order chi connectivity index (χ0) is 10.8. The summed E-state index contributed by atoms with van der Waals surface area (Å²) in [6, 6.07) is 6.65. The maximum Gasteiger partial charge on any atom is 0.123 e. The highest BCUT2D eigenvalue weighted by atomic mass is 19.1. The highest BCUT2D eigenvalue weighted by molar-refractivity contribution is 5.22. The van der Waals surface area contributed by atoms with Crippen molar-refractivity contribution in [1.29, 1.82) is 0 Å². The van der Waals surface area contributed by atoms with Gasteiger partial charge in [-0.1, -0.05) is 12.1 Å². The molecule has 0 saturated carbocycles. The third-order valence-corrected chi connectivity index (χ3v) is 3.11. The molecule has 3 N–H and O–H groups in total. The minimum atomic E-state index is -0.197. The van der Waals surface area contributed by atoms with Crippen LogP contribution in [0.5, 0.6) is 0 Å². The molecule has 1 heterocycles. The fraction of sp³-hybridized carbons (Fsp3) is 0.417. The van der Waals surface area contributed by atoms with Gasteiger partial charge >= 0.3 is 0 Å². The molecular weight excluding hydrogens is 191 g/mol. The average Bonchev–Trinajstić information content (AvgIpc) is 2.24. The van der Waals surface area contributed by atoms with Crippen LogP contribution in [0.3, 0.4) is 0 Å². The third kappa shape index (κ3) is 2.19. The molecule has 1 aliphatic heterocycles. The molecule has 0 aliphatic carbocycles. The summed E-state index contributed by atoms with van der Waals surface area (Å²) in [7, 11) is 0. The van der Waals surface area contributed by atoms with Crippen molar-refractivity contribution in [1.82, 2.24) is 5.32 Å². The van der Waals surface area contributed by atoms with E-state index in [0.717, 1.165) is 18.5 Å². The fourth-order valence-corrected chi connectivity index (χ4v) is 2.15. The lowest BCUT2D eigenvalue weighted by Crippen LogP contribution is -2.49. The highest BCUT2D eigenvalue weighted by Crippen LogP contribution is 2.31. The molecule has 1 radical (unpaired) electrons. The molecule has 81 valence electrons. The molecule has 0 bridgehead atoms. The molecule has 1 aromatic carbocycles. The van der Waals surface area contributed by atoms with E-state index < -0.39 is 0 Å². The van der Waals surface area contributed by atoms with Gasteiger partial charge in [0.1, 0.15) is 5.82 Å². The summed E-state index contributed by atoms with van der Waals surface area (Å²) < 4.78 is 12.8. The lowest BCUT2D eigenvalue weighted by molar-refractivity contribution is 0.292. The van der Waals surface area contributed by atoms with Crippen molar-refractivity contribution in [3.05, 3.63) is 42.6 Å². The maximum absolute atomic E-state index is 12.8. The van der Waals surface area contributed by atoms with Crippen LogP contribution in [0, 0.1) is 18.7 Å². The van der Waals surface area contributed by atoms with Crippen molar-refractivity contribution in [3.8, 4) is 0 Å². The first kappa shape index (κ1) is 10.6. The summed E-state index contributed by atoms with van der Waals surface area (Å²) in [5.74, 6) is 0.281. The van der Waals surface area contributed by atoms with Gasteiger partial charge in [0, 0.05) is 0 Å². The standard InChI is InChI=1S/C12H16FN2/c1-8-11(6-7-15-12(8)14)9-2-4-10(13)5-3-9/h2-5,8,11-12,15H,1,6-7,14H2. The van der Waals surface area contributed by atoms with Gasteiger partial charge in [-0.25, -0.2) is 4.39 Å². The van der Waals surface area contributed by atoms with Crippen molar-refractivity contribution in [3.63, 3.8) is 0 Å². The van der Waals surface area contributed by atoms with Crippen LogP contribution in [0.2, 0.25) is 0 Å². The summed E-state index contributed by atoms with van der Waals surface area (Å²) in [6.45, 7) is 4.98. The van der Waals surface area contributed by atoms with Crippen LogP contribution in [0.15, 0.2) is 24.3 Å². The van der Waals surface area contributed by atoms with Crippen LogP contribution < -0.4 is 11.1 Å². The minimum absolute atomic E-state index is 0.0613. The second-order valence-electron chi connectivity index (χ2n) is 4.09. The molecule has 3 atom stereocenters. The molecule has 3 heteroatoms. The van der Waals surface area contributed by atoms with Crippen LogP contribution in [0.1, 0.15) is 17.9 Å². The number of nitrogens with two attached hydrogens (primary N) is 1. The topological polar surface area (TPSA) is 38.0 Å². The van der Waals surface area contributed by atoms with Gasteiger partial charge in [-0.3, -0.25) is 0 Å². The zero-order valence-corrected chi connectivity index (χ0v) is 8.62. The van der Waals surface area contributed by atoms with Crippen LogP contribution in [0.25, 0.3) is 0 Å². The summed E-state index contributed by atoms with van der Waals surface area (Å²) in [5.41, 5.74) is 7.02. The molecule has 2 rings (SSSR count). The average molecular weight is 207 g/mol. The van der Waals surface area contributed by atoms with E-state index in [4.69, 9.17) is 5.73 Å². The first-order chi connectivity index (χ1) is 7.18. The van der Waals surface area contributed by atoms with Crippen molar-refractivity contribution in [2.24, 2.45) is 11.7 Å². The van der Waals surface area contributed by atoms with Gasteiger partial charge in [-0.2, -0.15) is 0 Å². The van der Waals surface area contributed by atoms with E-state index in [1.54, 1.807) is 0 Å². The molecule has 1 saturated heterocycles. The van der Waals surface area contributed by atoms with Gasteiger partial charge in [0.05, 0.1) is 6.17 Å². The third-order valence-electron chi connectivity index (χ3n) is 3.11. The molecule has 0 spiro atoms. The second kappa shape index (κ2) is 4.29. The molecular formula is C12H16FN2. The Labute approximate surface area is 89.7 Å². The quantitative estimate of drug-likeness (QED) is 0.734. The first-order valence-electron chi connectivity index (χ1n) is 5.26. The number of rotatable bonds is 1. The normalized spacial score (nSPS) is 31.5. The number of nitrogens with one attached hydrogen (secondary N) is 1. The maximum atomic E-state index is 12.8. The lowest BCUT2D eigenvalue weighted by Gasteiger charge is -2.34. The molecule has 2 nitrogen and oxygen atoms in total. The highest BCUT2D eigenvalue weighted by Gasteiger charge is 2.28. The van der Waals surface area contributed by atoms with E-state index in [2.05, 4.69) is 12.2 Å². The predicted molar refractivity (Wildman–Crippen MR) is 58.6 cm³/mol. The van der Waals surface area contributed by atoms with E-state index in [0.29, 0.717) is 5.92 Å². The second-order valence-corrected chi connectivity index (χ2v) is 4.09. The number of hydrogen-bond donors (Lipinski definition) is 2. The molecule has 3 unspecified atom stereocenters. The molecule has 0 aromatic heterocycles. The van der Waals surface area contributed by atoms with Crippen molar-refractivity contribution in [2.45, 2.75) is 18.5 Å². The fourth-order valence-electron chi connectivity index (χ4n) is 2.15. The Kier molecular flexibility index (Phi) is 3.03. The minimum Gasteiger partial charge on any atom is -0.316 e. The van der Waals surface area contributed by atoms with Crippen molar-refractivity contribution in [2.75, 3.05) is 6.54 Å². The van der Waals surface area contributed by atoms with Gasteiger partial charge in [0.2, 0.25) is 0 Å². The summed E-state index contributed by atoms with van der Waals surface area (Å²) in [6.07, 6.45) is 0.946. The van der Waals surface area contributed by atoms with E-state index >= 15 is 0 Å². The van der Waals surface area contributed by atoms with Gasteiger partial charge < -0.3 is 11.1 Å². The van der Waals surface area contributed by atoms with E-state index in [-0.39, 0.29) is 17.9 Å². The first-order valence-corrected chi connectivity index (χ1v) is 5.26. The summed E-state index contributed by atoms with van der Waals surface area (Å²) in [4.78, 5) is 0. The van der Waals surface area contributed by atoms with Gasteiger partial charge in [-0.15, -0.1) is 0 Å². The largest absolute Gasteiger partial charge is 0.316 e. The summed E-state index contributed by atoms with van der Waals surface area (Å²) >= 11 is 0. The number of benzene rings is 1. The van der Waals surface area contributed by atoms with Crippen molar-refractivity contribution < 1.29 is 4.39 Å². The predicted octanol–water partition coefficient (Wildman–Crippen LogP) is 1.64. The monoisotopic (exact) mass is 207 g/mol. The van der Waals surface area contributed by atoms with Crippen LogP contribution in [0.4, 0.5) is 4.39 Å². The summed E-state index contributed by atoms with van der Waals surface area (Å²) in [5, 5.41) is 3.18. The van der Waals surface area contributed by atoms with E-state index in [1.807, 2.05) is 12.1 Å². The Morgan fingerprint density at radius 1 is 1.33 bits per heavy atom. The van der Waals surface area contributed by atoms with Gasteiger partial charge in [0.15, 0.2) is 0 Å². The van der Waals surface area contributed by atoms with Crippen LogP contribution >= 0.6 is 0 Å². The van der Waals surface area contributed by atoms with Crippen LogP contribution in [-0.2, 0) is 0 Å². The number of piperidine rings is 1. The Morgan fingerprint density at radius 3 is 2.67 bits per heavy atom. The van der Waals surface area contributed by atoms with Crippen LogP contribution in [-0.4, -0.2) is 12.7 Å². The molecule has 1 aliphatic rings. The smallest absolute Gasteiger partial charge is 0.123 e. The van der Waals surface area contributed by atoms with E-state index in [1.165, 1.54) is 12.1 Å². The van der Waals surface area contributed by atoms with E-state index in [9.17, 15) is 4.39 Å². The Balaban J connectivity index is 2.18. The number of hydrogen-bond acceptors (Lipinski definition) is 2. The van der Waals surface area contributed by atoms with Crippen molar-refractivity contribution >= 4 is 0 Å². The zero-order valence-electron chi connectivity index (χ0n) is 8.62. The van der Waals surface area contributed by atoms with Gasteiger partial charge in [0.25, 0.3) is 0 Å². The molecule has 0 amide bonds. The molecule has 15 heavy (non-hydrogen) atoms. The lowest BCUT2D eigenvalue weighted by atomic mass is 9.80. The Bertz CT molecular complexity index is 323.